The first-order chi connectivity index (χ1) is 7.42. The molecule has 0 saturated carbocycles. The normalized spacial score (nSPS) is 11.2. The molecule has 90 valence electrons. The lowest BCUT2D eigenvalue weighted by Crippen LogP contribution is -2.34. The second-order valence-corrected chi connectivity index (χ2v) is 6.28. The molecule has 1 N–H and O–H groups in total. The molecule has 9 heteroatoms. The molecule has 2 amide bonds. The van der Waals surface area contributed by atoms with Crippen LogP contribution in [-0.2, 0) is 9.84 Å². The van der Waals surface area contributed by atoms with Gasteiger partial charge in [0.15, 0.2) is 0 Å². The summed E-state index contributed by atoms with van der Waals surface area (Å²) in [4.78, 5) is 12.4. The second-order valence-electron chi connectivity index (χ2n) is 2.87. The number of aromatic nitrogens is 2. The molecule has 16 heavy (non-hydrogen) atoms. The molecule has 0 aromatic carbocycles. The molecule has 0 atom stereocenters. The lowest BCUT2D eigenvalue weighted by Gasteiger charge is -2.10. The highest BCUT2D eigenvalue weighted by Gasteiger charge is 2.21. The van der Waals surface area contributed by atoms with Gasteiger partial charge in [0.2, 0.25) is 19.3 Å². The van der Waals surface area contributed by atoms with Gasteiger partial charge in [0.25, 0.3) is 0 Å². The number of rotatable bonds is 3. The Kier molecular flexibility index (Phi) is 3.81. The van der Waals surface area contributed by atoms with Crippen molar-refractivity contribution >= 4 is 32.3 Å². The van der Waals surface area contributed by atoms with Gasteiger partial charge in [-0.05, 0) is 0 Å². The van der Waals surface area contributed by atoms with E-state index in [4.69, 9.17) is 0 Å². The smallest absolute Gasteiger partial charge is 0.323 e. The van der Waals surface area contributed by atoms with Crippen molar-refractivity contribution < 1.29 is 13.2 Å². The van der Waals surface area contributed by atoms with Crippen molar-refractivity contribution in [3.8, 4) is 0 Å². The fraction of sp³-hybridized carbons (Fsp3) is 0.571. The third-order valence-corrected chi connectivity index (χ3v) is 5.03. The summed E-state index contributed by atoms with van der Waals surface area (Å²) in [5, 5.41) is 9.85. The van der Waals surface area contributed by atoms with Gasteiger partial charge in [-0.3, -0.25) is 4.90 Å². The summed E-state index contributed by atoms with van der Waals surface area (Å²) in [5.41, 5.74) is 0. The molecule has 0 aliphatic carbocycles. The molecule has 0 saturated heterocycles. The monoisotopic (exact) mass is 264 g/mol. The third kappa shape index (κ3) is 2.47. The molecule has 0 aliphatic heterocycles. The van der Waals surface area contributed by atoms with Crippen LogP contribution in [0.15, 0.2) is 4.34 Å². The first-order valence-electron chi connectivity index (χ1n) is 4.44. The minimum atomic E-state index is -3.36. The molecule has 0 bridgehead atoms. The minimum Gasteiger partial charge on any atom is -0.341 e. The average Bonchev–Trinajstić information content (AvgIpc) is 2.76. The fourth-order valence-electron chi connectivity index (χ4n) is 0.842. The van der Waals surface area contributed by atoms with Gasteiger partial charge in [-0.1, -0.05) is 18.3 Å². The molecule has 0 unspecified atom stereocenters. The zero-order valence-corrected chi connectivity index (χ0v) is 10.7. The average molecular weight is 264 g/mol. The van der Waals surface area contributed by atoms with Crippen molar-refractivity contribution in [1.29, 1.82) is 0 Å². The number of urea groups is 1. The summed E-state index contributed by atoms with van der Waals surface area (Å²) in [5.74, 6) is -0.0364. The number of nitrogens with one attached hydrogen (secondary N) is 1. The maximum absolute atomic E-state index is 11.5. The van der Waals surface area contributed by atoms with Crippen molar-refractivity contribution in [2.24, 2.45) is 0 Å². The Labute approximate surface area is 97.4 Å². The number of carbonyl (C=O) groups is 1. The highest BCUT2D eigenvalue weighted by Crippen LogP contribution is 2.23. The van der Waals surface area contributed by atoms with Gasteiger partial charge in [-0.2, -0.15) is 0 Å². The van der Waals surface area contributed by atoms with Gasteiger partial charge < -0.3 is 5.32 Å². The first-order valence-corrected chi connectivity index (χ1v) is 6.91. The van der Waals surface area contributed by atoms with E-state index in [2.05, 4.69) is 15.5 Å². The van der Waals surface area contributed by atoms with Gasteiger partial charge in [0.1, 0.15) is 0 Å². The standard InChI is InChI=1S/C7H12N4O3S2/c1-4-16(13,14)7-10-9-6(15-7)11(3)5(12)8-2/h4H2,1-3H3,(H,8,12). The van der Waals surface area contributed by atoms with Gasteiger partial charge in [-0.15, -0.1) is 10.2 Å². The van der Waals surface area contributed by atoms with Crippen LogP contribution in [0.25, 0.3) is 0 Å². The van der Waals surface area contributed by atoms with Gasteiger partial charge >= 0.3 is 6.03 Å². The van der Waals surface area contributed by atoms with Crippen molar-refractivity contribution in [3.63, 3.8) is 0 Å². The van der Waals surface area contributed by atoms with Crippen LogP contribution < -0.4 is 10.2 Å². The van der Waals surface area contributed by atoms with Crippen LogP contribution >= 0.6 is 11.3 Å². The highest BCUT2D eigenvalue weighted by atomic mass is 32.2. The Balaban J connectivity index is 3.00. The molecule has 0 aliphatic rings. The van der Waals surface area contributed by atoms with E-state index >= 15 is 0 Å². The zero-order chi connectivity index (χ0) is 12.3. The summed E-state index contributed by atoms with van der Waals surface area (Å²) in [6.07, 6.45) is 0. The van der Waals surface area contributed by atoms with Crippen LogP contribution in [0.1, 0.15) is 6.92 Å². The largest absolute Gasteiger partial charge is 0.341 e. The summed E-state index contributed by atoms with van der Waals surface area (Å²) >= 11 is 0.871. The van der Waals surface area contributed by atoms with Crippen molar-refractivity contribution in [3.05, 3.63) is 0 Å². The SMILES string of the molecule is CCS(=O)(=O)c1nnc(N(C)C(=O)NC)s1. The van der Waals surface area contributed by atoms with E-state index in [-0.39, 0.29) is 21.3 Å². The second kappa shape index (κ2) is 4.74. The number of anilines is 1. The number of amides is 2. The number of nitrogens with zero attached hydrogens (tertiary/aromatic N) is 3. The van der Waals surface area contributed by atoms with Crippen LogP contribution in [0.2, 0.25) is 0 Å². The van der Waals surface area contributed by atoms with Crippen LogP contribution in [0.5, 0.6) is 0 Å². The first kappa shape index (κ1) is 12.8. The third-order valence-electron chi connectivity index (χ3n) is 1.85. The van der Waals surface area contributed by atoms with Gasteiger partial charge in [0, 0.05) is 14.1 Å². The van der Waals surface area contributed by atoms with Crippen LogP contribution in [0.4, 0.5) is 9.93 Å². The Bertz CT molecular complexity index is 482. The van der Waals surface area contributed by atoms with Crippen LogP contribution in [0.3, 0.4) is 0 Å². The summed E-state index contributed by atoms with van der Waals surface area (Å²) in [6, 6.07) is -0.378. The van der Waals surface area contributed by atoms with E-state index in [0.29, 0.717) is 0 Å². The van der Waals surface area contributed by atoms with Crippen molar-refractivity contribution in [2.45, 2.75) is 11.3 Å². The Morgan fingerprint density at radius 1 is 1.50 bits per heavy atom. The molecule has 1 aromatic heterocycles. The topological polar surface area (TPSA) is 92.3 Å². The van der Waals surface area contributed by atoms with Crippen molar-refractivity contribution in [1.82, 2.24) is 15.5 Å². The predicted molar refractivity (Wildman–Crippen MR) is 60.5 cm³/mol. The van der Waals surface area contributed by atoms with E-state index in [9.17, 15) is 13.2 Å². The zero-order valence-electron chi connectivity index (χ0n) is 9.09. The highest BCUT2D eigenvalue weighted by molar-refractivity contribution is 7.93. The molecule has 0 spiro atoms. The Morgan fingerprint density at radius 2 is 2.12 bits per heavy atom. The van der Waals surface area contributed by atoms with E-state index in [1.807, 2.05) is 0 Å². The summed E-state index contributed by atoms with van der Waals surface area (Å²) in [7, 11) is -0.393. The van der Waals surface area contributed by atoms with E-state index in [0.717, 1.165) is 11.3 Å². The summed E-state index contributed by atoms with van der Waals surface area (Å²) in [6.45, 7) is 1.53. The minimum absolute atomic E-state index is 0.0364. The Morgan fingerprint density at radius 3 is 2.62 bits per heavy atom. The molecule has 0 fully saturated rings. The van der Waals surface area contributed by atoms with Gasteiger partial charge in [-0.25, -0.2) is 13.2 Å². The molecule has 1 aromatic rings. The number of sulfone groups is 1. The molecular formula is C7H12N4O3S2. The van der Waals surface area contributed by atoms with Crippen LogP contribution in [-0.4, -0.2) is 44.5 Å². The van der Waals surface area contributed by atoms with E-state index in [1.165, 1.54) is 25.9 Å². The lowest BCUT2D eigenvalue weighted by atomic mass is 10.8. The van der Waals surface area contributed by atoms with Crippen molar-refractivity contribution in [2.75, 3.05) is 24.7 Å². The van der Waals surface area contributed by atoms with Crippen LogP contribution in [0, 0.1) is 0 Å². The van der Waals surface area contributed by atoms with E-state index < -0.39 is 9.84 Å². The van der Waals surface area contributed by atoms with E-state index in [1.54, 1.807) is 0 Å². The fourth-order valence-corrected chi connectivity index (χ4v) is 2.88. The number of hydrogen-bond acceptors (Lipinski definition) is 6. The molecule has 0 radical (unpaired) electrons. The quantitative estimate of drug-likeness (QED) is 0.782. The molecule has 7 nitrogen and oxygen atoms in total. The number of carbonyl (C=O) groups excluding carboxylic acids is 1. The molecule has 1 rings (SSSR count). The lowest BCUT2D eigenvalue weighted by molar-refractivity contribution is 0.249. The maximum atomic E-state index is 11.5. The maximum Gasteiger partial charge on any atom is 0.323 e. The summed E-state index contributed by atoms with van der Waals surface area (Å²) < 4.78 is 22.9. The molecule has 1 heterocycles. The van der Waals surface area contributed by atoms with Gasteiger partial charge in [0.05, 0.1) is 5.75 Å². The predicted octanol–water partition coefficient (Wildman–Crippen LogP) is 0.107. The Hall–Kier alpha value is -1.22. The molecular weight excluding hydrogens is 252 g/mol. The number of hydrogen-bond donors (Lipinski definition) is 1.